The lowest BCUT2D eigenvalue weighted by molar-refractivity contribution is 0.246. The molecule has 2 heteroatoms. The zero-order valence-corrected chi connectivity index (χ0v) is 7.03. The third-order valence-electron chi connectivity index (χ3n) is 1.67. The van der Waals surface area contributed by atoms with Gasteiger partial charge in [0.05, 0.1) is 12.9 Å². The average Bonchev–Trinajstić information content (AvgIpc) is 2.03. The van der Waals surface area contributed by atoms with Crippen molar-refractivity contribution < 1.29 is 4.74 Å². The fourth-order valence-corrected chi connectivity index (χ4v) is 2.33. The highest BCUT2D eigenvalue weighted by atomic mass is 32.2. The van der Waals surface area contributed by atoms with Crippen molar-refractivity contribution in [3.63, 3.8) is 0 Å². The molecule has 0 N–H and O–H groups in total. The van der Waals surface area contributed by atoms with Crippen LogP contribution in [0.25, 0.3) is 0 Å². The SMILES string of the molecule is C=COCC1CCCCS1. The molecule has 1 atom stereocenters. The van der Waals surface area contributed by atoms with E-state index in [2.05, 4.69) is 6.58 Å². The Morgan fingerprint density at radius 3 is 3.10 bits per heavy atom. The van der Waals surface area contributed by atoms with Gasteiger partial charge in [0, 0.05) is 5.25 Å². The summed E-state index contributed by atoms with van der Waals surface area (Å²) in [5.74, 6) is 1.31. The van der Waals surface area contributed by atoms with Crippen molar-refractivity contribution in [2.45, 2.75) is 24.5 Å². The van der Waals surface area contributed by atoms with Crippen LogP contribution in [0.5, 0.6) is 0 Å². The van der Waals surface area contributed by atoms with Crippen LogP contribution in [0.15, 0.2) is 12.8 Å². The number of hydrogen-bond acceptors (Lipinski definition) is 2. The Morgan fingerprint density at radius 2 is 2.50 bits per heavy atom. The summed E-state index contributed by atoms with van der Waals surface area (Å²) in [5, 5.41) is 0.728. The molecule has 1 saturated heterocycles. The molecule has 0 amide bonds. The standard InChI is InChI=1S/C8H14OS/c1-2-9-7-8-5-3-4-6-10-8/h2,8H,1,3-7H2. The zero-order chi connectivity index (χ0) is 7.23. The minimum absolute atomic E-state index is 0.728. The largest absolute Gasteiger partial charge is 0.501 e. The molecule has 1 fully saturated rings. The van der Waals surface area contributed by atoms with Crippen LogP contribution in [0.2, 0.25) is 0 Å². The first kappa shape index (κ1) is 7.99. The summed E-state index contributed by atoms with van der Waals surface area (Å²) in [6.45, 7) is 4.37. The molecular formula is C8H14OS. The molecule has 0 radical (unpaired) electrons. The molecular weight excluding hydrogens is 144 g/mol. The number of rotatable bonds is 3. The molecule has 1 unspecified atom stereocenters. The second-order valence-electron chi connectivity index (χ2n) is 2.49. The number of hydrogen-bond donors (Lipinski definition) is 0. The van der Waals surface area contributed by atoms with Gasteiger partial charge in [-0.3, -0.25) is 0 Å². The summed E-state index contributed by atoms with van der Waals surface area (Å²) < 4.78 is 5.12. The van der Waals surface area contributed by atoms with E-state index in [0.717, 1.165) is 11.9 Å². The number of thioether (sulfide) groups is 1. The van der Waals surface area contributed by atoms with Crippen molar-refractivity contribution in [1.29, 1.82) is 0 Å². The second kappa shape index (κ2) is 4.67. The maximum Gasteiger partial charge on any atom is 0.0991 e. The molecule has 0 spiro atoms. The van der Waals surface area contributed by atoms with Crippen LogP contribution in [-0.4, -0.2) is 17.6 Å². The van der Waals surface area contributed by atoms with E-state index in [1.54, 1.807) is 0 Å². The molecule has 0 aliphatic carbocycles. The third kappa shape index (κ3) is 2.65. The lowest BCUT2D eigenvalue weighted by Crippen LogP contribution is -2.14. The zero-order valence-electron chi connectivity index (χ0n) is 6.21. The molecule has 1 aliphatic rings. The highest BCUT2D eigenvalue weighted by Crippen LogP contribution is 2.24. The topological polar surface area (TPSA) is 9.23 Å². The van der Waals surface area contributed by atoms with Gasteiger partial charge in [0.1, 0.15) is 0 Å². The molecule has 10 heavy (non-hydrogen) atoms. The van der Waals surface area contributed by atoms with Crippen LogP contribution in [0.4, 0.5) is 0 Å². The van der Waals surface area contributed by atoms with Crippen LogP contribution in [0.3, 0.4) is 0 Å². The van der Waals surface area contributed by atoms with E-state index >= 15 is 0 Å². The monoisotopic (exact) mass is 158 g/mol. The van der Waals surface area contributed by atoms with Crippen LogP contribution in [0.1, 0.15) is 19.3 Å². The van der Waals surface area contributed by atoms with Gasteiger partial charge in [-0.25, -0.2) is 0 Å². The molecule has 0 saturated carbocycles. The molecule has 0 aromatic rings. The molecule has 1 aliphatic heterocycles. The van der Waals surface area contributed by atoms with E-state index in [0.29, 0.717) is 0 Å². The van der Waals surface area contributed by atoms with E-state index in [4.69, 9.17) is 4.74 Å². The minimum atomic E-state index is 0.728. The highest BCUT2D eigenvalue weighted by molar-refractivity contribution is 7.99. The van der Waals surface area contributed by atoms with Gasteiger partial charge < -0.3 is 4.74 Å². The Balaban J connectivity index is 2.07. The lowest BCUT2D eigenvalue weighted by atomic mass is 10.2. The first-order valence-electron chi connectivity index (χ1n) is 3.77. The predicted octanol–water partition coefficient (Wildman–Crippen LogP) is 2.43. The maximum atomic E-state index is 5.12. The van der Waals surface area contributed by atoms with E-state index in [9.17, 15) is 0 Å². The molecule has 0 aromatic carbocycles. The second-order valence-corrected chi connectivity index (χ2v) is 3.90. The quantitative estimate of drug-likeness (QED) is 0.583. The van der Waals surface area contributed by atoms with Gasteiger partial charge in [-0.05, 0) is 18.6 Å². The first-order valence-corrected chi connectivity index (χ1v) is 4.82. The van der Waals surface area contributed by atoms with Crippen molar-refractivity contribution in [2.24, 2.45) is 0 Å². The fraction of sp³-hybridized carbons (Fsp3) is 0.750. The van der Waals surface area contributed by atoms with Gasteiger partial charge in [0.15, 0.2) is 0 Å². The molecule has 58 valence electrons. The van der Waals surface area contributed by atoms with Crippen molar-refractivity contribution in [1.82, 2.24) is 0 Å². The summed E-state index contributed by atoms with van der Waals surface area (Å²) in [4.78, 5) is 0. The Kier molecular flexibility index (Phi) is 3.73. The Bertz CT molecular complexity index is 97.4. The number of ether oxygens (including phenoxy) is 1. The van der Waals surface area contributed by atoms with Gasteiger partial charge in [0.25, 0.3) is 0 Å². The van der Waals surface area contributed by atoms with Crippen LogP contribution < -0.4 is 0 Å². The van der Waals surface area contributed by atoms with Crippen molar-refractivity contribution in [2.75, 3.05) is 12.4 Å². The normalized spacial score (nSPS) is 25.8. The van der Waals surface area contributed by atoms with Gasteiger partial charge in [0.2, 0.25) is 0 Å². The molecule has 1 nitrogen and oxygen atoms in total. The van der Waals surface area contributed by atoms with Gasteiger partial charge in [-0.15, -0.1) is 0 Å². The van der Waals surface area contributed by atoms with Crippen LogP contribution in [-0.2, 0) is 4.74 Å². The average molecular weight is 158 g/mol. The van der Waals surface area contributed by atoms with Crippen molar-refractivity contribution in [3.8, 4) is 0 Å². The Hall–Kier alpha value is -0.110. The van der Waals surface area contributed by atoms with E-state index in [1.807, 2.05) is 11.8 Å². The molecule has 0 aromatic heterocycles. The van der Waals surface area contributed by atoms with Gasteiger partial charge in [-0.1, -0.05) is 13.0 Å². The van der Waals surface area contributed by atoms with E-state index in [1.165, 1.54) is 31.3 Å². The van der Waals surface area contributed by atoms with Crippen LogP contribution in [0, 0.1) is 0 Å². The summed E-state index contributed by atoms with van der Waals surface area (Å²) in [5.41, 5.74) is 0. The Morgan fingerprint density at radius 1 is 1.60 bits per heavy atom. The summed E-state index contributed by atoms with van der Waals surface area (Å²) in [7, 11) is 0. The highest BCUT2D eigenvalue weighted by Gasteiger charge is 2.12. The Labute approximate surface area is 66.8 Å². The summed E-state index contributed by atoms with van der Waals surface area (Å²) in [6.07, 6.45) is 5.61. The molecule has 1 rings (SSSR count). The first-order chi connectivity index (χ1) is 4.93. The lowest BCUT2D eigenvalue weighted by Gasteiger charge is -2.19. The van der Waals surface area contributed by atoms with Crippen molar-refractivity contribution in [3.05, 3.63) is 12.8 Å². The smallest absolute Gasteiger partial charge is 0.0991 e. The van der Waals surface area contributed by atoms with Crippen molar-refractivity contribution >= 4 is 11.8 Å². The van der Waals surface area contributed by atoms with Crippen LogP contribution >= 0.6 is 11.8 Å². The summed E-state index contributed by atoms with van der Waals surface area (Å²) in [6, 6.07) is 0. The minimum Gasteiger partial charge on any atom is -0.501 e. The van der Waals surface area contributed by atoms with E-state index in [-0.39, 0.29) is 0 Å². The van der Waals surface area contributed by atoms with Gasteiger partial charge in [-0.2, -0.15) is 11.8 Å². The predicted molar refractivity (Wildman–Crippen MR) is 46.2 cm³/mol. The van der Waals surface area contributed by atoms with Gasteiger partial charge >= 0.3 is 0 Å². The fourth-order valence-electron chi connectivity index (χ4n) is 1.11. The third-order valence-corrected chi connectivity index (χ3v) is 3.04. The summed E-state index contributed by atoms with van der Waals surface area (Å²) >= 11 is 2.03. The van der Waals surface area contributed by atoms with E-state index < -0.39 is 0 Å². The maximum absolute atomic E-state index is 5.12. The molecule has 0 bridgehead atoms. The molecule has 1 heterocycles.